The third-order valence-electron chi connectivity index (χ3n) is 2.31. The van der Waals surface area contributed by atoms with Crippen LogP contribution in [0.3, 0.4) is 0 Å². The van der Waals surface area contributed by atoms with Gasteiger partial charge in [0.15, 0.2) is 0 Å². The van der Waals surface area contributed by atoms with E-state index in [4.69, 9.17) is 0 Å². The summed E-state index contributed by atoms with van der Waals surface area (Å²) in [6.07, 6.45) is 4.03. The van der Waals surface area contributed by atoms with Gasteiger partial charge >= 0.3 is 0 Å². The number of hydrogen-bond acceptors (Lipinski definition) is 3. The lowest BCUT2D eigenvalue weighted by molar-refractivity contribution is 0.673. The molecule has 2 heterocycles. The van der Waals surface area contributed by atoms with Crippen LogP contribution < -0.4 is 0 Å². The smallest absolute Gasteiger partial charge is 0.0898 e. The summed E-state index contributed by atoms with van der Waals surface area (Å²) >= 11 is 1.68. The maximum absolute atomic E-state index is 4.42. The number of aromatic nitrogens is 3. The molecule has 0 spiro atoms. The standard InChI is InChI=1S/C11H15N3S/c1-8(2)10-4-12-14(5-10)6-11-7-15-9(3)13-11/h4-5,7-8H,6H2,1-3H3. The topological polar surface area (TPSA) is 30.7 Å². The van der Waals surface area contributed by atoms with Crippen LogP contribution in [-0.2, 0) is 6.54 Å². The molecule has 80 valence electrons. The van der Waals surface area contributed by atoms with Crippen molar-refractivity contribution in [3.05, 3.63) is 34.0 Å². The normalized spacial score (nSPS) is 11.2. The van der Waals surface area contributed by atoms with Crippen molar-refractivity contribution in [1.29, 1.82) is 0 Å². The summed E-state index contributed by atoms with van der Waals surface area (Å²) in [6.45, 7) is 7.15. The van der Waals surface area contributed by atoms with Gasteiger partial charge in [-0.15, -0.1) is 11.3 Å². The number of aryl methyl sites for hydroxylation is 1. The minimum absolute atomic E-state index is 0.538. The Labute approximate surface area is 93.8 Å². The van der Waals surface area contributed by atoms with Crippen molar-refractivity contribution in [1.82, 2.24) is 14.8 Å². The summed E-state index contributed by atoms with van der Waals surface area (Å²) in [7, 11) is 0. The quantitative estimate of drug-likeness (QED) is 0.798. The minimum atomic E-state index is 0.538. The average molecular weight is 221 g/mol. The van der Waals surface area contributed by atoms with Crippen LogP contribution in [-0.4, -0.2) is 14.8 Å². The summed E-state index contributed by atoms with van der Waals surface area (Å²) in [5.74, 6) is 0.538. The van der Waals surface area contributed by atoms with E-state index in [1.807, 2.05) is 17.8 Å². The van der Waals surface area contributed by atoms with E-state index >= 15 is 0 Å². The van der Waals surface area contributed by atoms with E-state index in [1.165, 1.54) is 5.56 Å². The maximum atomic E-state index is 4.42. The Morgan fingerprint density at radius 1 is 1.47 bits per heavy atom. The first-order valence-electron chi connectivity index (χ1n) is 5.08. The van der Waals surface area contributed by atoms with Crippen molar-refractivity contribution in [3.63, 3.8) is 0 Å². The first-order valence-corrected chi connectivity index (χ1v) is 5.96. The molecule has 0 bridgehead atoms. The predicted octanol–water partition coefficient (Wildman–Crippen LogP) is 2.82. The third-order valence-corrected chi connectivity index (χ3v) is 3.13. The molecular formula is C11H15N3S. The summed E-state index contributed by atoms with van der Waals surface area (Å²) in [4.78, 5) is 4.42. The molecule has 0 aliphatic rings. The van der Waals surface area contributed by atoms with Crippen LogP contribution >= 0.6 is 11.3 Å². The van der Waals surface area contributed by atoms with Crippen molar-refractivity contribution in [2.45, 2.75) is 33.2 Å². The van der Waals surface area contributed by atoms with Gasteiger partial charge in [0.25, 0.3) is 0 Å². The van der Waals surface area contributed by atoms with Gasteiger partial charge in [0.1, 0.15) is 0 Å². The Morgan fingerprint density at radius 2 is 2.27 bits per heavy atom. The van der Waals surface area contributed by atoms with Crippen molar-refractivity contribution in [2.24, 2.45) is 0 Å². The molecule has 0 amide bonds. The Morgan fingerprint density at radius 3 is 2.80 bits per heavy atom. The molecule has 2 aromatic heterocycles. The molecule has 4 heteroatoms. The zero-order chi connectivity index (χ0) is 10.8. The molecule has 0 aromatic carbocycles. The van der Waals surface area contributed by atoms with Crippen LogP contribution in [0.15, 0.2) is 17.8 Å². The van der Waals surface area contributed by atoms with Crippen LogP contribution in [0.5, 0.6) is 0 Å². The van der Waals surface area contributed by atoms with Crippen LogP contribution in [0, 0.1) is 6.92 Å². The van der Waals surface area contributed by atoms with Crippen molar-refractivity contribution < 1.29 is 0 Å². The molecule has 0 N–H and O–H groups in total. The van der Waals surface area contributed by atoms with Crippen molar-refractivity contribution >= 4 is 11.3 Å². The predicted molar refractivity (Wildman–Crippen MR) is 62.3 cm³/mol. The molecule has 0 unspecified atom stereocenters. The molecule has 0 aliphatic heterocycles. The molecule has 0 radical (unpaired) electrons. The SMILES string of the molecule is Cc1nc(Cn2cc(C(C)C)cn2)cs1. The van der Waals surface area contributed by atoms with Gasteiger partial charge in [-0.1, -0.05) is 13.8 Å². The van der Waals surface area contributed by atoms with Gasteiger partial charge in [0.2, 0.25) is 0 Å². The van der Waals surface area contributed by atoms with Gasteiger partial charge in [0, 0.05) is 11.6 Å². The number of thiazole rings is 1. The van der Waals surface area contributed by atoms with Gasteiger partial charge in [-0.25, -0.2) is 4.98 Å². The highest BCUT2D eigenvalue weighted by Crippen LogP contribution is 2.14. The molecule has 3 nitrogen and oxygen atoms in total. The minimum Gasteiger partial charge on any atom is -0.266 e. The van der Waals surface area contributed by atoms with E-state index in [2.05, 4.69) is 35.5 Å². The summed E-state index contributed by atoms with van der Waals surface area (Å²) in [6, 6.07) is 0. The van der Waals surface area contributed by atoms with Crippen LogP contribution in [0.4, 0.5) is 0 Å². The first-order chi connectivity index (χ1) is 7.15. The van der Waals surface area contributed by atoms with Gasteiger partial charge < -0.3 is 0 Å². The Hall–Kier alpha value is -1.16. The van der Waals surface area contributed by atoms with E-state index in [0.717, 1.165) is 17.2 Å². The van der Waals surface area contributed by atoms with Crippen LogP contribution in [0.25, 0.3) is 0 Å². The second kappa shape index (κ2) is 4.14. The third kappa shape index (κ3) is 2.45. The highest BCUT2D eigenvalue weighted by atomic mass is 32.1. The summed E-state index contributed by atoms with van der Waals surface area (Å²) < 4.78 is 1.95. The molecule has 2 aromatic rings. The van der Waals surface area contributed by atoms with E-state index < -0.39 is 0 Å². The zero-order valence-corrected chi connectivity index (χ0v) is 10.1. The lowest BCUT2D eigenvalue weighted by Gasteiger charge is -1.98. The molecular weight excluding hydrogens is 206 g/mol. The maximum Gasteiger partial charge on any atom is 0.0898 e. The van der Waals surface area contributed by atoms with Crippen molar-refractivity contribution in [2.75, 3.05) is 0 Å². The van der Waals surface area contributed by atoms with Crippen LogP contribution in [0.2, 0.25) is 0 Å². The van der Waals surface area contributed by atoms with Crippen LogP contribution in [0.1, 0.15) is 36.0 Å². The number of nitrogens with zero attached hydrogens (tertiary/aromatic N) is 3. The highest BCUT2D eigenvalue weighted by Gasteiger charge is 2.04. The molecule has 0 fully saturated rings. The second-order valence-corrected chi connectivity index (χ2v) is 5.05. The van der Waals surface area contributed by atoms with Gasteiger partial charge in [-0.05, 0) is 18.4 Å². The molecule has 0 saturated heterocycles. The number of rotatable bonds is 3. The number of hydrogen-bond donors (Lipinski definition) is 0. The lowest BCUT2D eigenvalue weighted by Crippen LogP contribution is -2.00. The Balaban J connectivity index is 2.11. The molecule has 15 heavy (non-hydrogen) atoms. The van der Waals surface area contributed by atoms with Gasteiger partial charge in [-0.3, -0.25) is 4.68 Å². The summed E-state index contributed by atoms with van der Waals surface area (Å²) in [5.41, 5.74) is 2.37. The highest BCUT2D eigenvalue weighted by molar-refractivity contribution is 7.09. The Bertz CT molecular complexity index is 442. The van der Waals surface area contributed by atoms with Gasteiger partial charge in [-0.2, -0.15) is 5.10 Å². The Kier molecular flexibility index (Phi) is 2.86. The molecule has 0 atom stereocenters. The first kappa shape index (κ1) is 10.4. The van der Waals surface area contributed by atoms with E-state index in [0.29, 0.717) is 5.92 Å². The van der Waals surface area contributed by atoms with Gasteiger partial charge in [0.05, 0.1) is 23.4 Å². The van der Waals surface area contributed by atoms with Crippen molar-refractivity contribution in [3.8, 4) is 0 Å². The monoisotopic (exact) mass is 221 g/mol. The fourth-order valence-electron chi connectivity index (χ4n) is 1.41. The second-order valence-electron chi connectivity index (χ2n) is 3.98. The van der Waals surface area contributed by atoms with E-state index in [-0.39, 0.29) is 0 Å². The molecule has 2 rings (SSSR count). The fourth-order valence-corrected chi connectivity index (χ4v) is 2.01. The van der Waals surface area contributed by atoms with E-state index in [9.17, 15) is 0 Å². The zero-order valence-electron chi connectivity index (χ0n) is 9.27. The molecule has 0 aliphatic carbocycles. The average Bonchev–Trinajstić information content (AvgIpc) is 2.76. The van der Waals surface area contributed by atoms with E-state index in [1.54, 1.807) is 11.3 Å². The molecule has 0 saturated carbocycles. The summed E-state index contributed by atoms with van der Waals surface area (Å²) in [5, 5.41) is 7.52. The lowest BCUT2D eigenvalue weighted by atomic mass is 10.1. The fraction of sp³-hybridized carbons (Fsp3) is 0.455. The largest absolute Gasteiger partial charge is 0.266 e.